The summed E-state index contributed by atoms with van der Waals surface area (Å²) >= 11 is 1.34. The molecule has 25 heavy (non-hydrogen) atoms. The van der Waals surface area contributed by atoms with Gasteiger partial charge >= 0.3 is 0 Å². The summed E-state index contributed by atoms with van der Waals surface area (Å²) in [6.07, 6.45) is 0.963. The molecule has 6 nitrogen and oxygen atoms in total. The number of amides is 2. The van der Waals surface area contributed by atoms with Gasteiger partial charge < -0.3 is 20.9 Å². The molecule has 1 aliphatic heterocycles. The molecule has 3 N–H and O–H groups in total. The second-order valence-electron chi connectivity index (χ2n) is 6.20. The lowest BCUT2D eigenvalue weighted by atomic mass is 10.2. The van der Waals surface area contributed by atoms with E-state index in [4.69, 9.17) is 0 Å². The fourth-order valence-electron chi connectivity index (χ4n) is 2.59. The van der Waals surface area contributed by atoms with E-state index < -0.39 is 0 Å². The molecule has 0 spiro atoms. The van der Waals surface area contributed by atoms with Crippen molar-refractivity contribution in [3.05, 3.63) is 29.8 Å². The summed E-state index contributed by atoms with van der Waals surface area (Å²) in [6, 6.07) is 7.67. The molecule has 0 bridgehead atoms. The summed E-state index contributed by atoms with van der Waals surface area (Å²) in [4.78, 5) is 26.0. The molecule has 2 amide bonds. The first-order valence-corrected chi connectivity index (χ1v) is 9.93. The van der Waals surface area contributed by atoms with Crippen molar-refractivity contribution in [3.8, 4) is 0 Å². The predicted octanol–water partition coefficient (Wildman–Crippen LogP) is 1.08. The molecular formula is C18H28N4O2S. The third-order valence-electron chi connectivity index (χ3n) is 3.98. The van der Waals surface area contributed by atoms with E-state index in [9.17, 15) is 9.59 Å². The second kappa shape index (κ2) is 11.1. The predicted molar refractivity (Wildman–Crippen MR) is 104 cm³/mol. The van der Waals surface area contributed by atoms with Gasteiger partial charge in [0.1, 0.15) is 0 Å². The van der Waals surface area contributed by atoms with Crippen LogP contribution in [-0.2, 0) is 9.59 Å². The molecule has 0 unspecified atom stereocenters. The van der Waals surface area contributed by atoms with Crippen molar-refractivity contribution in [1.82, 2.24) is 15.5 Å². The number of nitrogens with one attached hydrogen (secondary N) is 3. The molecule has 0 saturated carbocycles. The first kappa shape index (κ1) is 19.8. The molecule has 7 heteroatoms. The van der Waals surface area contributed by atoms with Gasteiger partial charge in [-0.05, 0) is 32.0 Å². The quantitative estimate of drug-likeness (QED) is 0.572. The zero-order chi connectivity index (χ0) is 17.9. The van der Waals surface area contributed by atoms with E-state index in [0.717, 1.165) is 50.4 Å². The first-order valence-electron chi connectivity index (χ1n) is 8.77. The summed E-state index contributed by atoms with van der Waals surface area (Å²) in [5, 5.41) is 9.07. The number of anilines is 1. The maximum atomic E-state index is 11.8. The van der Waals surface area contributed by atoms with Crippen molar-refractivity contribution < 1.29 is 9.59 Å². The van der Waals surface area contributed by atoms with Crippen LogP contribution in [0.15, 0.2) is 24.3 Å². The van der Waals surface area contributed by atoms with Crippen molar-refractivity contribution in [2.75, 3.05) is 56.1 Å². The highest BCUT2D eigenvalue weighted by Gasteiger charge is 2.09. The van der Waals surface area contributed by atoms with E-state index in [-0.39, 0.29) is 17.6 Å². The highest BCUT2D eigenvalue weighted by Crippen LogP contribution is 2.09. The van der Waals surface area contributed by atoms with Gasteiger partial charge in [0.05, 0.1) is 11.5 Å². The third-order valence-corrected chi connectivity index (χ3v) is 4.92. The van der Waals surface area contributed by atoms with Crippen molar-refractivity contribution in [2.45, 2.75) is 13.3 Å². The Balaban J connectivity index is 1.49. The van der Waals surface area contributed by atoms with Crippen LogP contribution in [0.5, 0.6) is 0 Å². The Hall–Kier alpha value is -1.57. The van der Waals surface area contributed by atoms with Crippen LogP contribution in [0.4, 0.5) is 5.69 Å². The summed E-state index contributed by atoms with van der Waals surface area (Å²) in [7, 11) is 0. The zero-order valence-electron chi connectivity index (χ0n) is 14.8. The highest BCUT2D eigenvalue weighted by molar-refractivity contribution is 8.00. The molecule has 2 rings (SSSR count). The SMILES string of the molecule is Cc1ccc(NC(=O)CSCC(=O)NCCCN2CCNCC2)cc1. The number of piperazine rings is 1. The minimum Gasteiger partial charge on any atom is -0.355 e. The van der Waals surface area contributed by atoms with Crippen molar-refractivity contribution >= 4 is 29.3 Å². The number of carbonyl (C=O) groups excluding carboxylic acids is 2. The Morgan fingerprint density at radius 1 is 1.12 bits per heavy atom. The van der Waals surface area contributed by atoms with E-state index in [0.29, 0.717) is 12.3 Å². The smallest absolute Gasteiger partial charge is 0.234 e. The van der Waals surface area contributed by atoms with Gasteiger partial charge in [0.25, 0.3) is 0 Å². The molecule has 1 fully saturated rings. The van der Waals surface area contributed by atoms with E-state index in [1.807, 2.05) is 31.2 Å². The lowest BCUT2D eigenvalue weighted by molar-refractivity contribution is -0.118. The summed E-state index contributed by atoms with van der Waals surface area (Å²) in [5.41, 5.74) is 1.94. The van der Waals surface area contributed by atoms with Crippen LogP contribution in [0.1, 0.15) is 12.0 Å². The van der Waals surface area contributed by atoms with Crippen molar-refractivity contribution in [2.24, 2.45) is 0 Å². The van der Waals surface area contributed by atoms with Crippen LogP contribution >= 0.6 is 11.8 Å². The molecule has 1 aromatic rings. The van der Waals surface area contributed by atoms with Crippen LogP contribution in [0, 0.1) is 6.92 Å². The van der Waals surface area contributed by atoms with Gasteiger partial charge in [-0.1, -0.05) is 17.7 Å². The number of benzene rings is 1. The number of rotatable bonds is 9. The third kappa shape index (κ3) is 8.38. The highest BCUT2D eigenvalue weighted by atomic mass is 32.2. The van der Waals surface area contributed by atoms with Crippen LogP contribution in [0.3, 0.4) is 0 Å². The number of nitrogens with zero attached hydrogens (tertiary/aromatic N) is 1. The average Bonchev–Trinajstić information content (AvgIpc) is 2.62. The molecule has 1 heterocycles. The normalized spacial score (nSPS) is 14.9. The molecule has 1 saturated heterocycles. The van der Waals surface area contributed by atoms with Gasteiger partial charge in [-0.3, -0.25) is 9.59 Å². The maximum absolute atomic E-state index is 11.8. The van der Waals surface area contributed by atoms with Crippen molar-refractivity contribution in [3.63, 3.8) is 0 Å². The minimum absolute atomic E-state index is 0.00607. The number of thioether (sulfide) groups is 1. The molecule has 138 valence electrons. The monoisotopic (exact) mass is 364 g/mol. The molecular weight excluding hydrogens is 336 g/mol. The number of carbonyl (C=O) groups is 2. The topological polar surface area (TPSA) is 73.5 Å². The fourth-order valence-corrected chi connectivity index (χ4v) is 3.23. The Labute approximate surface area is 154 Å². The molecule has 0 radical (unpaired) electrons. The van der Waals surface area contributed by atoms with Gasteiger partial charge in [-0.25, -0.2) is 0 Å². The molecule has 0 atom stereocenters. The van der Waals surface area contributed by atoms with Crippen LogP contribution in [0.2, 0.25) is 0 Å². The Bertz CT molecular complexity index is 545. The van der Waals surface area contributed by atoms with Crippen LogP contribution in [0.25, 0.3) is 0 Å². The van der Waals surface area contributed by atoms with Gasteiger partial charge in [-0.2, -0.15) is 0 Å². The second-order valence-corrected chi connectivity index (χ2v) is 7.19. The first-order chi connectivity index (χ1) is 12.1. The molecule has 0 aromatic heterocycles. The molecule has 1 aliphatic rings. The number of aryl methyl sites for hydroxylation is 1. The van der Waals surface area contributed by atoms with E-state index in [2.05, 4.69) is 20.9 Å². The summed E-state index contributed by atoms with van der Waals surface area (Å²) in [5.74, 6) is 0.505. The number of hydrogen-bond acceptors (Lipinski definition) is 5. The molecule has 1 aromatic carbocycles. The molecule has 0 aliphatic carbocycles. The van der Waals surface area contributed by atoms with Crippen molar-refractivity contribution in [1.29, 1.82) is 0 Å². The van der Waals surface area contributed by atoms with Gasteiger partial charge in [0.15, 0.2) is 0 Å². The lowest BCUT2D eigenvalue weighted by Gasteiger charge is -2.27. The van der Waals surface area contributed by atoms with E-state index in [1.165, 1.54) is 11.8 Å². The van der Waals surface area contributed by atoms with Crippen LogP contribution < -0.4 is 16.0 Å². The largest absolute Gasteiger partial charge is 0.355 e. The maximum Gasteiger partial charge on any atom is 0.234 e. The Morgan fingerprint density at radius 2 is 1.80 bits per heavy atom. The van der Waals surface area contributed by atoms with Gasteiger partial charge in [0, 0.05) is 38.4 Å². The van der Waals surface area contributed by atoms with E-state index >= 15 is 0 Å². The van der Waals surface area contributed by atoms with Crippen LogP contribution in [-0.4, -0.2) is 67.5 Å². The average molecular weight is 365 g/mol. The fraction of sp³-hybridized carbons (Fsp3) is 0.556. The standard InChI is InChI=1S/C18H28N4O2S/c1-15-3-5-16(6-4-15)21-18(24)14-25-13-17(23)20-7-2-10-22-11-8-19-9-12-22/h3-6,19H,2,7-14H2,1H3,(H,20,23)(H,21,24). The Morgan fingerprint density at radius 3 is 2.52 bits per heavy atom. The van der Waals surface area contributed by atoms with E-state index in [1.54, 1.807) is 0 Å². The van der Waals surface area contributed by atoms with Gasteiger partial charge in [0.2, 0.25) is 11.8 Å². The van der Waals surface area contributed by atoms with Gasteiger partial charge in [-0.15, -0.1) is 11.8 Å². The summed E-state index contributed by atoms with van der Waals surface area (Å²) < 4.78 is 0. The number of hydrogen-bond donors (Lipinski definition) is 3. The lowest BCUT2D eigenvalue weighted by Crippen LogP contribution is -2.44. The minimum atomic E-state index is -0.0830. The Kier molecular flexibility index (Phi) is 8.79. The zero-order valence-corrected chi connectivity index (χ0v) is 15.7. The summed E-state index contributed by atoms with van der Waals surface area (Å²) in [6.45, 7) is 7.98.